The Bertz CT molecular complexity index is 3240. The van der Waals surface area contributed by atoms with Crippen LogP contribution in [0.15, 0.2) is 156 Å². The van der Waals surface area contributed by atoms with Crippen LogP contribution in [0, 0.1) is 11.3 Å². The van der Waals surface area contributed by atoms with Crippen molar-refractivity contribution in [1.82, 2.24) is 19.5 Å². The van der Waals surface area contributed by atoms with Crippen LogP contribution < -0.4 is 0 Å². The predicted molar refractivity (Wildman–Crippen MR) is 215 cm³/mol. The molecule has 7 aromatic carbocycles. The van der Waals surface area contributed by atoms with Crippen LogP contribution in [0.25, 0.3) is 104 Å². The lowest BCUT2D eigenvalue weighted by Gasteiger charge is -2.14. The van der Waals surface area contributed by atoms with Crippen molar-refractivity contribution in [1.29, 1.82) is 5.26 Å². The number of para-hydroxylation sites is 2. The van der Waals surface area contributed by atoms with E-state index in [-0.39, 0.29) is 0 Å². The highest BCUT2D eigenvalue weighted by molar-refractivity contribution is 7.26. The highest BCUT2D eigenvalue weighted by atomic mass is 32.1. The van der Waals surface area contributed by atoms with Gasteiger partial charge < -0.3 is 8.98 Å². The Morgan fingerprint density at radius 1 is 0.547 bits per heavy atom. The van der Waals surface area contributed by atoms with E-state index in [2.05, 4.69) is 77.4 Å². The zero-order chi connectivity index (χ0) is 35.0. The first-order valence-electron chi connectivity index (χ1n) is 17.3. The quantitative estimate of drug-likeness (QED) is 0.183. The van der Waals surface area contributed by atoms with E-state index in [0.717, 1.165) is 43.7 Å². The van der Waals surface area contributed by atoms with Crippen molar-refractivity contribution in [2.24, 2.45) is 0 Å². The maximum absolute atomic E-state index is 11.0. The van der Waals surface area contributed by atoms with E-state index in [0.29, 0.717) is 45.5 Å². The van der Waals surface area contributed by atoms with Crippen LogP contribution in [0.3, 0.4) is 0 Å². The molecule has 0 atom stereocenters. The zero-order valence-electron chi connectivity index (χ0n) is 28.0. The van der Waals surface area contributed by atoms with E-state index in [1.165, 1.54) is 20.2 Å². The summed E-state index contributed by atoms with van der Waals surface area (Å²) in [6.07, 6.45) is 0. The van der Waals surface area contributed by atoms with E-state index in [1.54, 1.807) is 11.3 Å². The fourth-order valence-electron chi connectivity index (χ4n) is 7.78. The van der Waals surface area contributed by atoms with Crippen molar-refractivity contribution < 1.29 is 4.42 Å². The molecule has 0 saturated carbocycles. The topological polar surface area (TPSA) is 80.5 Å². The van der Waals surface area contributed by atoms with Gasteiger partial charge in [0.15, 0.2) is 23.1 Å². The van der Waals surface area contributed by atoms with Gasteiger partial charge in [-0.25, -0.2) is 15.0 Å². The van der Waals surface area contributed by atoms with Crippen molar-refractivity contribution in [3.05, 3.63) is 157 Å². The Morgan fingerprint density at radius 3 is 1.91 bits per heavy atom. The molecule has 7 heteroatoms. The second-order valence-corrected chi connectivity index (χ2v) is 14.1. The Hall–Kier alpha value is -7.14. The molecular weight excluding hydrogens is 671 g/mol. The first-order chi connectivity index (χ1) is 26.2. The number of furan rings is 1. The van der Waals surface area contributed by atoms with Gasteiger partial charge in [0, 0.05) is 58.4 Å². The third-order valence-electron chi connectivity index (χ3n) is 10.1. The molecule has 0 radical (unpaired) electrons. The van der Waals surface area contributed by atoms with Crippen LogP contribution >= 0.6 is 11.3 Å². The standard InChI is InChI=1S/C46H25N5OS/c47-26-29-25-34(46-49-44(27-13-3-1-4-14-27)48-45(50-46)28-15-5-2-6-16-28)39-33-19-8-11-21-37(33)52-42(39)41(29)51-35-20-10-7-18-32(35)40-36(51)24-23-31-30-17-9-12-22-38(30)53-43(31)40/h1-25H. The zero-order valence-corrected chi connectivity index (χ0v) is 28.8. The highest BCUT2D eigenvalue weighted by Crippen LogP contribution is 2.47. The third kappa shape index (κ3) is 4.40. The summed E-state index contributed by atoms with van der Waals surface area (Å²) in [6, 6.07) is 53.7. The molecule has 6 nitrogen and oxygen atoms in total. The molecule has 0 bridgehead atoms. The molecule has 11 aromatic rings. The van der Waals surface area contributed by atoms with Gasteiger partial charge in [0.05, 0.1) is 16.6 Å². The first-order valence-corrected chi connectivity index (χ1v) is 18.2. The number of fused-ring (bicyclic) bond motifs is 10. The number of rotatable bonds is 4. The Labute approximate surface area is 306 Å². The molecule has 11 rings (SSSR count). The van der Waals surface area contributed by atoms with Gasteiger partial charge in [0.1, 0.15) is 17.3 Å². The van der Waals surface area contributed by atoms with Crippen molar-refractivity contribution in [2.45, 2.75) is 0 Å². The predicted octanol–water partition coefficient (Wildman–Crippen LogP) is 12.1. The fraction of sp³-hybridized carbons (Fsp3) is 0. The number of benzene rings is 7. The Balaban J connectivity index is 1.27. The summed E-state index contributed by atoms with van der Waals surface area (Å²) in [6.45, 7) is 0. The summed E-state index contributed by atoms with van der Waals surface area (Å²) in [5, 5.41) is 17.6. The minimum absolute atomic E-state index is 0.452. The molecule has 0 N–H and O–H groups in total. The van der Waals surface area contributed by atoms with E-state index < -0.39 is 0 Å². The molecule has 0 amide bonds. The van der Waals surface area contributed by atoms with E-state index >= 15 is 0 Å². The smallest absolute Gasteiger partial charge is 0.164 e. The van der Waals surface area contributed by atoms with Crippen molar-refractivity contribution in [3.63, 3.8) is 0 Å². The minimum Gasteiger partial charge on any atom is -0.454 e. The molecule has 4 aromatic heterocycles. The van der Waals surface area contributed by atoms with Crippen LogP contribution in [0.1, 0.15) is 5.56 Å². The van der Waals surface area contributed by atoms with Crippen LogP contribution in [0.5, 0.6) is 0 Å². The average Bonchev–Trinajstić information content (AvgIpc) is 3.91. The van der Waals surface area contributed by atoms with Crippen molar-refractivity contribution in [3.8, 4) is 45.9 Å². The lowest BCUT2D eigenvalue weighted by atomic mass is 10.00. The maximum atomic E-state index is 11.0. The Morgan fingerprint density at radius 2 is 1.17 bits per heavy atom. The van der Waals surface area contributed by atoms with Gasteiger partial charge in [0.25, 0.3) is 0 Å². The monoisotopic (exact) mass is 695 g/mol. The number of nitrogens with zero attached hydrogens (tertiary/aromatic N) is 5. The molecule has 0 aliphatic rings. The number of hydrogen-bond donors (Lipinski definition) is 0. The van der Waals surface area contributed by atoms with Gasteiger partial charge in [0.2, 0.25) is 0 Å². The summed E-state index contributed by atoms with van der Waals surface area (Å²) in [4.78, 5) is 15.1. The van der Waals surface area contributed by atoms with Crippen molar-refractivity contribution >= 4 is 75.3 Å². The third-order valence-corrected chi connectivity index (χ3v) is 11.3. The highest BCUT2D eigenvalue weighted by Gasteiger charge is 2.27. The number of thiophene rings is 1. The number of nitriles is 1. The fourth-order valence-corrected chi connectivity index (χ4v) is 9.03. The van der Waals surface area contributed by atoms with Gasteiger partial charge in [-0.2, -0.15) is 5.26 Å². The summed E-state index contributed by atoms with van der Waals surface area (Å²) in [5.74, 6) is 1.56. The largest absolute Gasteiger partial charge is 0.454 e. The van der Waals surface area contributed by atoms with Gasteiger partial charge in [-0.3, -0.25) is 0 Å². The normalized spacial score (nSPS) is 11.8. The van der Waals surface area contributed by atoms with Gasteiger partial charge in [-0.15, -0.1) is 11.3 Å². The van der Waals surface area contributed by atoms with Gasteiger partial charge in [-0.1, -0.05) is 121 Å². The van der Waals surface area contributed by atoms with Crippen molar-refractivity contribution in [2.75, 3.05) is 0 Å². The minimum atomic E-state index is 0.452. The van der Waals surface area contributed by atoms with Gasteiger partial charge >= 0.3 is 0 Å². The molecule has 0 unspecified atom stereocenters. The SMILES string of the molecule is N#Cc1cc(-c2nc(-c3ccccc3)nc(-c3ccccc3)n2)c2c(oc3ccccc32)c1-n1c2ccccc2c2c3sc4ccccc4c3ccc21. The number of aromatic nitrogens is 4. The second kappa shape index (κ2) is 11.4. The first kappa shape index (κ1) is 29.6. The summed E-state index contributed by atoms with van der Waals surface area (Å²) in [7, 11) is 0. The molecule has 4 heterocycles. The Kier molecular flexibility index (Phi) is 6.38. The molecule has 53 heavy (non-hydrogen) atoms. The lowest BCUT2D eigenvalue weighted by molar-refractivity contribution is 0.666. The molecule has 0 spiro atoms. The molecule has 0 aliphatic heterocycles. The number of hydrogen-bond acceptors (Lipinski definition) is 6. The summed E-state index contributed by atoms with van der Waals surface area (Å²) >= 11 is 1.81. The van der Waals surface area contributed by atoms with E-state index in [1.807, 2.05) is 84.9 Å². The summed E-state index contributed by atoms with van der Waals surface area (Å²) in [5.41, 5.74) is 6.91. The molecular formula is C46H25N5OS. The maximum Gasteiger partial charge on any atom is 0.164 e. The molecule has 246 valence electrons. The van der Waals surface area contributed by atoms with E-state index in [4.69, 9.17) is 19.4 Å². The van der Waals surface area contributed by atoms with E-state index in [9.17, 15) is 5.26 Å². The summed E-state index contributed by atoms with van der Waals surface area (Å²) < 4.78 is 11.5. The lowest BCUT2D eigenvalue weighted by Crippen LogP contribution is -2.03. The molecule has 0 saturated heterocycles. The molecule has 0 aliphatic carbocycles. The van der Waals surface area contributed by atoms with Crippen LogP contribution in [0.2, 0.25) is 0 Å². The molecule has 0 fully saturated rings. The van der Waals surface area contributed by atoms with Gasteiger partial charge in [-0.05, 0) is 30.3 Å². The average molecular weight is 696 g/mol. The van der Waals surface area contributed by atoms with Crippen LogP contribution in [-0.4, -0.2) is 19.5 Å². The van der Waals surface area contributed by atoms with Crippen LogP contribution in [0.4, 0.5) is 0 Å². The van der Waals surface area contributed by atoms with Crippen LogP contribution in [-0.2, 0) is 0 Å². The second-order valence-electron chi connectivity index (χ2n) is 13.1.